The van der Waals surface area contributed by atoms with E-state index in [1.165, 1.54) is 19.3 Å². The summed E-state index contributed by atoms with van der Waals surface area (Å²) in [4.78, 5) is 0. The fraction of sp³-hybridized carbons (Fsp3) is 1.00. The average Bonchev–Trinajstić information content (AvgIpc) is 2.08. The van der Waals surface area contributed by atoms with E-state index in [0.717, 1.165) is 29.6 Å². The van der Waals surface area contributed by atoms with Gasteiger partial charge in [-0.05, 0) is 54.3 Å². The summed E-state index contributed by atoms with van der Waals surface area (Å²) in [6.45, 7) is 16.9. The Balaban J connectivity index is 2.68. The van der Waals surface area contributed by atoms with Gasteiger partial charge in [-0.1, -0.05) is 48.5 Å². The zero-order chi connectivity index (χ0) is 12.5. The van der Waals surface area contributed by atoms with Crippen molar-refractivity contribution >= 4 is 0 Å². The molecule has 1 aliphatic carbocycles. The van der Waals surface area contributed by atoms with E-state index in [2.05, 4.69) is 48.5 Å². The van der Waals surface area contributed by atoms with Gasteiger partial charge in [0.15, 0.2) is 0 Å². The summed E-state index contributed by atoms with van der Waals surface area (Å²) in [6.07, 6.45) is 4.41. The largest absolute Gasteiger partial charge is 0.0625 e. The molecule has 1 aliphatic rings. The maximum atomic E-state index is 2.43. The van der Waals surface area contributed by atoms with E-state index in [1.807, 2.05) is 0 Å². The smallest absolute Gasteiger partial charge is 0.0267 e. The van der Waals surface area contributed by atoms with Gasteiger partial charge >= 0.3 is 0 Å². The third-order valence-corrected chi connectivity index (χ3v) is 5.09. The molecule has 0 N–H and O–H groups in total. The molecule has 0 aromatic rings. The van der Waals surface area contributed by atoms with Crippen molar-refractivity contribution in [2.45, 2.75) is 67.7 Å². The Bertz CT molecular complexity index is 198. The fourth-order valence-electron chi connectivity index (χ4n) is 3.91. The standard InChI is InChI=1S/C16H32/c1-11(2)15(12(3)4)10-16(13(5)6)8-14(7)9-16/h11-15H,8-10H2,1-7H3. The number of rotatable bonds is 5. The molecule has 0 spiro atoms. The molecule has 1 fully saturated rings. The van der Waals surface area contributed by atoms with Gasteiger partial charge in [-0.15, -0.1) is 0 Å². The third kappa shape index (κ3) is 2.81. The van der Waals surface area contributed by atoms with Crippen molar-refractivity contribution in [1.82, 2.24) is 0 Å². The molecule has 1 saturated carbocycles. The highest BCUT2D eigenvalue weighted by atomic mass is 14.5. The van der Waals surface area contributed by atoms with Gasteiger partial charge in [0.25, 0.3) is 0 Å². The molecule has 0 nitrogen and oxygen atoms in total. The van der Waals surface area contributed by atoms with Crippen molar-refractivity contribution in [1.29, 1.82) is 0 Å². The lowest BCUT2D eigenvalue weighted by atomic mass is 9.53. The first-order chi connectivity index (χ1) is 7.28. The maximum Gasteiger partial charge on any atom is -0.0267 e. The molecule has 16 heavy (non-hydrogen) atoms. The third-order valence-electron chi connectivity index (χ3n) is 5.09. The highest BCUT2D eigenvalue weighted by Crippen LogP contribution is 2.55. The first-order valence-corrected chi connectivity index (χ1v) is 7.28. The number of hydrogen-bond acceptors (Lipinski definition) is 0. The molecule has 0 bridgehead atoms. The summed E-state index contributed by atoms with van der Waals surface area (Å²) in [5.74, 6) is 4.43. The Kier molecular flexibility index (Phi) is 4.49. The Labute approximate surface area is 103 Å². The zero-order valence-corrected chi connectivity index (χ0v) is 12.5. The SMILES string of the molecule is CC1CC(CC(C(C)C)C(C)C)(C(C)C)C1. The Morgan fingerprint density at radius 2 is 1.38 bits per heavy atom. The summed E-state index contributed by atoms with van der Waals surface area (Å²) >= 11 is 0. The molecule has 0 amide bonds. The van der Waals surface area contributed by atoms with Gasteiger partial charge in [0.2, 0.25) is 0 Å². The molecular formula is C16H32. The van der Waals surface area contributed by atoms with Gasteiger partial charge in [-0.25, -0.2) is 0 Å². The molecule has 0 heteroatoms. The summed E-state index contributed by atoms with van der Waals surface area (Å²) in [5, 5.41) is 0. The second-order valence-electron chi connectivity index (χ2n) is 7.39. The van der Waals surface area contributed by atoms with E-state index in [-0.39, 0.29) is 0 Å². The van der Waals surface area contributed by atoms with Gasteiger partial charge < -0.3 is 0 Å². The summed E-state index contributed by atoms with van der Waals surface area (Å²) in [5.41, 5.74) is 0.679. The van der Waals surface area contributed by atoms with E-state index in [0.29, 0.717) is 5.41 Å². The van der Waals surface area contributed by atoms with Gasteiger partial charge in [0.1, 0.15) is 0 Å². The Morgan fingerprint density at radius 1 is 0.938 bits per heavy atom. The molecule has 0 aromatic carbocycles. The lowest BCUT2D eigenvalue weighted by molar-refractivity contribution is -0.0242. The highest BCUT2D eigenvalue weighted by molar-refractivity contribution is 4.96. The average molecular weight is 224 g/mol. The molecule has 1 rings (SSSR count). The van der Waals surface area contributed by atoms with Crippen LogP contribution in [-0.2, 0) is 0 Å². The summed E-state index contributed by atoms with van der Waals surface area (Å²) < 4.78 is 0. The maximum absolute atomic E-state index is 2.43. The summed E-state index contributed by atoms with van der Waals surface area (Å²) in [6, 6.07) is 0. The first kappa shape index (κ1) is 14.1. The second kappa shape index (κ2) is 5.10. The molecule has 0 heterocycles. The van der Waals surface area contributed by atoms with E-state index in [9.17, 15) is 0 Å². The molecule has 0 radical (unpaired) electrons. The molecule has 0 aromatic heterocycles. The quantitative estimate of drug-likeness (QED) is 0.588. The van der Waals surface area contributed by atoms with Crippen LogP contribution in [0.25, 0.3) is 0 Å². The topological polar surface area (TPSA) is 0 Å². The van der Waals surface area contributed by atoms with E-state index < -0.39 is 0 Å². The zero-order valence-electron chi connectivity index (χ0n) is 12.5. The predicted molar refractivity (Wildman–Crippen MR) is 73.5 cm³/mol. The van der Waals surface area contributed by atoms with E-state index in [4.69, 9.17) is 0 Å². The Morgan fingerprint density at radius 3 is 1.62 bits per heavy atom. The summed E-state index contributed by atoms with van der Waals surface area (Å²) in [7, 11) is 0. The fourth-order valence-corrected chi connectivity index (χ4v) is 3.91. The van der Waals surface area contributed by atoms with E-state index in [1.54, 1.807) is 0 Å². The van der Waals surface area contributed by atoms with Crippen molar-refractivity contribution < 1.29 is 0 Å². The first-order valence-electron chi connectivity index (χ1n) is 7.28. The van der Waals surface area contributed by atoms with Crippen LogP contribution in [0.15, 0.2) is 0 Å². The highest BCUT2D eigenvalue weighted by Gasteiger charge is 2.45. The van der Waals surface area contributed by atoms with Crippen LogP contribution in [0.3, 0.4) is 0 Å². The molecule has 0 atom stereocenters. The second-order valence-corrected chi connectivity index (χ2v) is 7.39. The van der Waals surface area contributed by atoms with Crippen LogP contribution >= 0.6 is 0 Å². The molecule has 0 aliphatic heterocycles. The minimum absolute atomic E-state index is 0.679. The van der Waals surface area contributed by atoms with Crippen molar-refractivity contribution in [2.75, 3.05) is 0 Å². The number of hydrogen-bond donors (Lipinski definition) is 0. The molecular weight excluding hydrogens is 192 g/mol. The van der Waals surface area contributed by atoms with Crippen LogP contribution in [0.5, 0.6) is 0 Å². The molecule has 96 valence electrons. The minimum Gasteiger partial charge on any atom is -0.0625 e. The van der Waals surface area contributed by atoms with Gasteiger partial charge in [0.05, 0.1) is 0 Å². The van der Waals surface area contributed by atoms with Gasteiger partial charge in [0, 0.05) is 0 Å². The normalized spacial score (nSPS) is 30.6. The van der Waals surface area contributed by atoms with Crippen molar-refractivity contribution in [3.05, 3.63) is 0 Å². The van der Waals surface area contributed by atoms with Crippen LogP contribution in [0.4, 0.5) is 0 Å². The van der Waals surface area contributed by atoms with Crippen molar-refractivity contribution in [3.8, 4) is 0 Å². The van der Waals surface area contributed by atoms with Gasteiger partial charge in [-0.2, -0.15) is 0 Å². The molecule has 0 saturated heterocycles. The van der Waals surface area contributed by atoms with Crippen LogP contribution in [0.1, 0.15) is 67.7 Å². The lowest BCUT2D eigenvalue weighted by Gasteiger charge is -2.52. The Hall–Kier alpha value is 0. The van der Waals surface area contributed by atoms with Crippen LogP contribution in [-0.4, -0.2) is 0 Å². The van der Waals surface area contributed by atoms with E-state index >= 15 is 0 Å². The van der Waals surface area contributed by atoms with Crippen molar-refractivity contribution in [2.24, 2.45) is 35.0 Å². The molecule has 0 unspecified atom stereocenters. The van der Waals surface area contributed by atoms with Crippen LogP contribution < -0.4 is 0 Å². The van der Waals surface area contributed by atoms with Gasteiger partial charge in [-0.3, -0.25) is 0 Å². The van der Waals surface area contributed by atoms with Crippen LogP contribution in [0, 0.1) is 35.0 Å². The minimum atomic E-state index is 0.679. The van der Waals surface area contributed by atoms with Crippen molar-refractivity contribution in [3.63, 3.8) is 0 Å². The monoisotopic (exact) mass is 224 g/mol. The van der Waals surface area contributed by atoms with Crippen LogP contribution in [0.2, 0.25) is 0 Å². The lowest BCUT2D eigenvalue weighted by Crippen LogP contribution is -2.43. The predicted octanol–water partition coefficient (Wildman–Crippen LogP) is 5.38.